The molecule has 0 saturated carbocycles. The van der Waals surface area contributed by atoms with Crippen LogP contribution in [0.15, 0.2) is 59.4 Å². The number of pyridine rings is 1. The summed E-state index contributed by atoms with van der Waals surface area (Å²) >= 11 is 0. The molecule has 0 bridgehead atoms. The average molecular weight is 445 g/mol. The molecule has 6 heteroatoms. The number of nitrogens with zero attached hydrogens (tertiary/aromatic N) is 1. The number of aryl methyl sites for hydroxylation is 1. The molecule has 3 aromatic rings. The van der Waals surface area contributed by atoms with E-state index in [0.29, 0.717) is 47.9 Å². The number of H-pyrrole nitrogens is 1. The first-order chi connectivity index (χ1) is 15.9. The molecule has 0 aliphatic heterocycles. The molecule has 0 saturated heterocycles. The van der Waals surface area contributed by atoms with Gasteiger partial charge in [-0.05, 0) is 60.2 Å². The standard InChI is InChI=1S/C27H28N2O4/c1-17(2)19-9-7-18(8-10-19)16-29(20-11-13-21(33-3)14-12-20)27(32)23-15-22-24(28-26(23)31)5-4-6-25(22)30/h7-15,17H,4-6,16H2,1-3H3,(H,28,31). The van der Waals surface area contributed by atoms with Crippen LogP contribution in [0.1, 0.15) is 70.1 Å². The largest absolute Gasteiger partial charge is 0.497 e. The number of anilines is 1. The summed E-state index contributed by atoms with van der Waals surface area (Å²) < 4.78 is 5.25. The van der Waals surface area contributed by atoms with Crippen molar-refractivity contribution in [1.82, 2.24) is 4.98 Å². The van der Waals surface area contributed by atoms with Gasteiger partial charge in [-0.3, -0.25) is 14.4 Å². The third-order valence-electron chi connectivity index (χ3n) is 6.10. The fraction of sp³-hybridized carbons (Fsp3) is 0.296. The maximum atomic E-state index is 13.7. The van der Waals surface area contributed by atoms with Crippen molar-refractivity contribution in [3.05, 3.63) is 92.9 Å². The number of ketones is 1. The van der Waals surface area contributed by atoms with Crippen molar-refractivity contribution < 1.29 is 14.3 Å². The Morgan fingerprint density at radius 2 is 1.73 bits per heavy atom. The molecule has 1 amide bonds. The number of hydrogen-bond acceptors (Lipinski definition) is 4. The fourth-order valence-electron chi connectivity index (χ4n) is 4.11. The Bertz CT molecular complexity index is 1220. The maximum Gasteiger partial charge on any atom is 0.264 e. The van der Waals surface area contributed by atoms with E-state index in [1.54, 1.807) is 36.3 Å². The van der Waals surface area contributed by atoms with E-state index < -0.39 is 11.5 Å². The zero-order valence-electron chi connectivity index (χ0n) is 19.2. The second-order valence-electron chi connectivity index (χ2n) is 8.67. The van der Waals surface area contributed by atoms with Crippen LogP contribution in [0.4, 0.5) is 5.69 Å². The van der Waals surface area contributed by atoms with Gasteiger partial charge in [-0.25, -0.2) is 0 Å². The summed E-state index contributed by atoms with van der Waals surface area (Å²) in [5, 5.41) is 0. The summed E-state index contributed by atoms with van der Waals surface area (Å²) in [5.41, 5.74) is 3.35. The van der Waals surface area contributed by atoms with Crippen molar-refractivity contribution in [2.45, 2.75) is 45.6 Å². The summed E-state index contributed by atoms with van der Waals surface area (Å²) in [6.45, 7) is 4.55. The highest BCUT2D eigenvalue weighted by Crippen LogP contribution is 2.25. The number of carbonyl (C=O) groups excluding carboxylic acids is 2. The van der Waals surface area contributed by atoms with Crippen LogP contribution in [0.2, 0.25) is 0 Å². The molecular formula is C27H28N2O4. The van der Waals surface area contributed by atoms with E-state index in [1.807, 2.05) is 12.1 Å². The molecule has 0 radical (unpaired) electrons. The third kappa shape index (κ3) is 4.75. The molecule has 0 unspecified atom stereocenters. The van der Waals surface area contributed by atoms with Gasteiger partial charge in [-0.1, -0.05) is 38.1 Å². The van der Waals surface area contributed by atoms with Gasteiger partial charge in [-0.15, -0.1) is 0 Å². The highest BCUT2D eigenvalue weighted by Gasteiger charge is 2.26. The van der Waals surface area contributed by atoms with Crippen LogP contribution in [0.25, 0.3) is 0 Å². The van der Waals surface area contributed by atoms with Crippen LogP contribution in [-0.4, -0.2) is 23.8 Å². The fourth-order valence-corrected chi connectivity index (χ4v) is 4.11. The lowest BCUT2D eigenvalue weighted by Gasteiger charge is -2.24. The second kappa shape index (κ2) is 9.45. The van der Waals surface area contributed by atoms with Gasteiger partial charge in [0.25, 0.3) is 11.5 Å². The van der Waals surface area contributed by atoms with Gasteiger partial charge in [0.15, 0.2) is 5.78 Å². The molecule has 0 atom stereocenters. The SMILES string of the molecule is COc1ccc(N(Cc2ccc(C(C)C)cc2)C(=O)c2cc3c([nH]c2=O)CCCC3=O)cc1. The smallest absolute Gasteiger partial charge is 0.264 e. The predicted molar refractivity (Wildman–Crippen MR) is 128 cm³/mol. The number of aromatic nitrogens is 1. The van der Waals surface area contributed by atoms with Gasteiger partial charge in [0.1, 0.15) is 11.3 Å². The Morgan fingerprint density at radius 1 is 1.03 bits per heavy atom. The lowest BCUT2D eigenvalue weighted by Crippen LogP contribution is -2.35. The van der Waals surface area contributed by atoms with Crippen LogP contribution in [-0.2, 0) is 13.0 Å². The van der Waals surface area contributed by atoms with Gasteiger partial charge >= 0.3 is 0 Å². The Kier molecular flexibility index (Phi) is 6.45. The molecular weight excluding hydrogens is 416 g/mol. The average Bonchev–Trinajstić information content (AvgIpc) is 2.82. The number of aromatic amines is 1. The van der Waals surface area contributed by atoms with E-state index in [9.17, 15) is 14.4 Å². The number of rotatable bonds is 6. The van der Waals surface area contributed by atoms with Crippen molar-refractivity contribution in [2.24, 2.45) is 0 Å². The van der Waals surface area contributed by atoms with E-state index in [-0.39, 0.29) is 17.9 Å². The first-order valence-electron chi connectivity index (χ1n) is 11.2. The zero-order chi connectivity index (χ0) is 23.5. The number of Topliss-reactive ketones (excluding diaryl/α,β-unsaturated/α-hetero) is 1. The van der Waals surface area contributed by atoms with Gasteiger partial charge in [0, 0.05) is 23.4 Å². The van der Waals surface area contributed by atoms with E-state index in [2.05, 4.69) is 31.0 Å². The number of fused-ring (bicyclic) bond motifs is 1. The van der Waals surface area contributed by atoms with Crippen LogP contribution >= 0.6 is 0 Å². The topological polar surface area (TPSA) is 79.5 Å². The van der Waals surface area contributed by atoms with E-state index in [4.69, 9.17) is 4.74 Å². The summed E-state index contributed by atoms with van der Waals surface area (Å²) in [4.78, 5) is 43.2. The van der Waals surface area contributed by atoms with Crippen molar-refractivity contribution in [2.75, 3.05) is 12.0 Å². The van der Waals surface area contributed by atoms with Crippen molar-refractivity contribution in [1.29, 1.82) is 0 Å². The van der Waals surface area contributed by atoms with Gasteiger partial charge in [-0.2, -0.15) is 0 Å². The minimum Gasteiger partial charge on any atom is -0.497 e. The summed E-state index contributed by atoms with van der Waals surface area (Å²) in [6.07, 6.45) is 1.77. The molecule has 1 N–H and O–H groups in total. The molecule has 6 nitrogen and oxygen atoms in total. The Hall–Kier alpha value is -3.67. The highest BCUT2D eigenvalue weighted by molar-refractivity contribution is 6.08. The Labute approximate surface area is 193 Å². The molecule has 1 heterocycles. The molecule has 1 aliphatic carbocycles. The zero-order valence-corrected chi connectivity index (χ0v) is 19.2. The van der Waals surface area contributed by atoms with E-state index >= 15 is 0 Å². The molecule has 1 aromatic heterocycles. The van der Waals surface area contributed by atoms with Crippen molar-refractivity contribution in [3.8, 4) is 5.75 Å². The van der Waals surface area contributed by atoms with E-state index in [1.165, 1.54) is 11.6 Å². The Morgan fingerprint density at radius 3 is 2.36 bits per heavy atom. The van der Waals surface area contributed by atoms with Gasteiger partial charge < -0.3 is 14.6 Å². The van der Waals surface area contributed by atoms with Crippen LogP contribution in [0, 0.1) is 0 Å². The number of methoxy groups -OCH3 is 1. The molecule has 2 aromatic carbocycles. The maximum absolute atomic E-state index is 13.7. The highest BCUT2D eigenvalue weighted by atomic mass is 16.5. The third-order valence-corrected chi connectivity index (χ3v) is 6.10. The number of ether oxygens (including phenoxy) is 1. The second-order valence-corrected chi connectivity index (χ2v) is 8.67. The van der Waals surface area contributed by atoms with Crippen LogP contribution < -0.4 is 15.2 Å². The molecule has 170 valence electrons. The van der Waals surface area contributed by atoms with Crippen molar-refractivity contribution >= 4 is 17.4 Å². The number of hydrogen-bond donors (Lipinski definition) is 1. The van der Waals surface area contributed by atoms with Crippen molar-refractivity contribution in [3.63, 3.8) is 0 Å². The minimum absolute atomic E-state index is 0.0291. The number of nitrogens with one attached hydrogen (secondary N) is 1. The molecule has 4 rings (SSSR count). The first kappa shape index (κ1) is 22.5. The number of benzene rings is 2. The lowest BCUT2D eigenvalue weighted by atomic mass is 9.93. The summed E-state index contributed by atoms with van der Waals surface area (Å²) in [6, 6.07) is 16.7. The molecule has 0 spiro atoms. The minimum atomic E-state index is -0.470. The van der Waals surface area contributed by atoms with Gasteiger partial charge in [0.2, 0.25) is 0 Å². The molecule has 0 fully saturated rings. The monoisotopic (exact) mass is 444 g/mol. The summed E-state index contributed by atoms with van der Waals surface area (Å²) in [7, 11) is 1.58. The lowest BCUT2D eigenvalue weighted by molar-refractivity contribution is 0.0971. The summed E-state index contributed by atoms with van der Waals surface area (Å²) in [5.74, 6) is 0.590. The predicted octanol–water partition coefficient (Wildman–Crippen LogP) is 4.87. The number of carbonyl (C=O) groups is 2. The molecule has 33 heavy (non-hydrogen) atoms. The quantitative estimate of drug-likeness (QED) is 0.588. The van der Waals surface area contributed by atoms with Crippen LogP contribution in [0.5, 0.6) is 5.75 Å². The molecule has 1 aliphatic rings. The number of amides is 1. The normalized spacial score (nSPS) is 13.0. The van der Waals surface area contributed by atoms with E-state index in [0.717, 1.165) is 5.56 Å². The Balaban J connectivity index is 1.74. The first-order valence-corrected chi connectivity index (χ1v) is 11.2. The van der Waals surface area contributed by atoms with Gasteiger partial charge in [0.05, 0.1) is 13.7 Å². The van der Waals surface area contributed by atoms with Crippen LogP contribution in [0.3, 0.4) is 0 Å².